The number of carbonyl (C=O) groups excluding carboxylic acids is 1. The lowest BCUT2D eigenvalue weighted by atomic mass is 10.2. The molecule has 0 aliphatic heterocycles. The van der Waals surface area contributed by atoms with Crippen molar-refractivity contribution in [2.75, 3.05) is 25.6 Å². The number of carbonyl (C=O) groups is 1. The highest BCUT2D eigenvalue weighted by Gasteiger charge is 2.01. The highest BCUT2D eigenvalue weighted by molar-refractivity contribution is 5.90. The normalized spacial score (nSPS) is 10.3. The van der Waals surface area contributed by atoms with Gasteiger partial charge in [0, 0.05) is 32.4 Å². The van der Waals surface area contributed by atoms with E-state index in [0.29, 0.717) is 13.0 Å². The molecule has 1 aromatic carbocycles. The van der Waals surface area contributed by atoms with E-state index in [1.54, 1.807) is 7.11 Å². The Labute approximate surface area is 109 Å². The number of anilines is 1. The third-order valence-electron chi connectivity index (χ3n) is 2.57. The van der Waals surface area contributed by atoms with Gasteiger partial charge in [-0.25, -0.2) is 0 Å². The van der Waals surface area contributed by atoms with Crippen LogP contribution in [0.25, 0.3) is 0 Å². The van der Waals surface area contributed by atoms with Crippen molar-refractivity contribution in [3.63, 3.8) is 0 Å². The van der Waals surface area contributed by atoms with Crippen molar-refractivity contribution in [2.45, 2.75) is 26.3 Å². The highest BCUT2D eigenvalue weighted by atomic mass is 16.5. The Hall–Kier alpha value is -1.39. The molecule has 0 fully saturated rings. The van der Waals surface area contributed by atoms with Crippen LogP contribution < -0.4 is 10.6 Å². The Morgan fingerprint density at radius 3 is 2.61 bits per heavy atom. The minimum Gasteiger partial charge on any atom is -0.385 e. The zero-order valence-corrected chi connectivity index (χ0v) is 11.2. The number of ether oxygens (including phenoxy) is 1. The van der Waals surface area contributed by atoms with Crippen LogP contribution in [0.15, 0.2) is 24.3 Å². The lowest BCUT2D eigenvalue weighted by molar-refractivity contribution is -0.116. The molecule has 0 atom stereocenters. The Bertz CT molecular complexity index is 349. The van der Waals surface area contributed by atoms with Crippen molar-refractivity contribution in [2.24, 2.45) is 0 Å². The van der Waals surface area contributed by atoms with Crippen molar-refractivity contribution in [3.05, 3.63) is 29.8 Å². The zero-order chi connectivity index (χ0) is 13.2. The second-order valence-electron chi connectivity index (χ2n) is 4.12. The molecule has 1 amide bonds. The molecule has 0 unspecified atom stereocenters. The number of benzene rings is 1. The van der Waals surface area contributed by atoms with E-state index in [2.05, 4.69) is 17.6 Å². The summed E-state index contributed by atoms with van der Waals surface area (Å²) in [6.45, 7) is 4.51. The van der Waals surface area contributed by atoms with Crippen molar-refractivity contribution in [3.8, 4) is 0 Å². The summed E-state index contributed by atoms with van der Waals surface area (Å²) in [7, 11) is 1.64. The molecule has 4 heteroatoms. The third-order valence-corrected chi connectivity index (χ3v) is 2.57. The lowest BCUT2D eigenvalue weighted by Gasteiger charge is -2.07. The zero-order valence-electron chi connectivity index (χ0n) is 11.2. The first-order chi connectivity index (χ1) is 8.76. The van der Waals surface area contributed by atoms with Gasteiger partial charge >= 0.3 is 0 Å². The summed E-state index contributed by atoms with van der Waals surface area (Å²) in [5, 5.41) is 6.13. The molecule has 0 heterocycles. The van der Waals surface area contributed by atoms with Crippen LogP contribution in [0.3, 0.4) is 0 Å². The van der Waals surface area contributed by atoms with Gasteiger partial charge in [-0.15, -0.1) is 0 Å². The number of methoxy groups -OCH3 is 1. The second-order valence-corrected chi connectivity index (χ2v) is 4.12. The van der Waals surface area contributed by atoms with Crippen LogP contribution in [-0.2, 0) is 16.1 Å². The molecular formula is C14H22N2O2. The third kappa shape index (κ3) is 5.80. The summed E-state index contributed by atoms with van der Waals surface area (Å²) in [6, 6.07) is 7.91. The molecule has 0 saturated carbocycles. The van der Waals surface area contributed by atoms with E-state index in [1.807, 2.05) is 24.3 Å². The van der Waals surface area contributed by atoms with E-state index in [9.17, 15) is 4.79 Å². The van der Waals surface area contributed by atoms with Crippen LogP contribution in [0.2, 0.25) is 0 Å². The van der Waals surface area contributed by atoms with Crippen molar-refractivity contribution < 1.29 is 9.53 Å². The minimum atomic E-state index is 0.0338. The standard InChI is InChI=1S/C14H22N2O2/c1-3-15-11-12-6-8-13(9-7-12)16-14(17)5-4-10-18-2/h6-9,15H,3-5,10-11H2,1-2H3,(H,16,17). The average molecular weight is 250 g/mol. The molecule has 0 aliphatic rings. The summed E-state index contributed by atoms with van der Waals surface area (Å²) in [4.78, 5) is 11.6. The first-order valence-electron chi connectivity index (χ1n) is 6.34. The van der Waals surface area contributed by atoms with Crippen LogP contribution in [0.5, 0.6) is 0 Å². The van der Waals surface area contributed by atoms with E-state index >= 15 is 0 Å². The molecule has 4 nitrogen and oxygen atoms in total. The number of rotatable bonds is 8. The topological polar surface area (TPSA) is 50.4 Å². The number of hydrogen-bond acceptors (Lipinski definition) is 3. The monoisotopic (exact) mass is 250 g/mol. The van der Waals surface area contributed by atoms with Gasteiger partial charge in [0.15, 0.2) is 0 Å². The molecule has 0 aliphatic carbocycles. The van der Waals surface area contributed by atoms with E-state index < -0.39 is 0 Å². The number of nitrogens with one attached hydrogen (secondary N) is 2. The molecule has 0 bridgehead atoms. The van der Waals surface area contributed by atoms with Crippen molar-refractivity contribution >= 4 is 11.6 Å². The van der Waals surface area contributed by atoms with Crippen molar-refractivity contribution in [1.82, 2.24) is 5.32 Å². The maximum Gasteiger partial charge on any atom is 0.224 e. The Morgan fingerprint density at radius 2 is 2.00 bits per heavy atom. The summed E-state index contributed by atoms with van der Waals surface area (Å²) in [5.41, 5.74) is 2.06. The molecule has 0 radical (unpaired) electrons. The second kappa shape index (κ2) is 8.66. The number of amides is 1. The largest absolute Gasteiger partial charge is 0.385 e. The van der Waals surface area contributed by atoms with Gasteiger partial charge in [-0.05, 0) is 30.7 Å². The van der Waals surface area contributed by atoms with Crippen LogP contribution in [-0.4, -0.2) is 26.2 Å². The van der Waals surface area contributed by atoms with Crippen LogP contribution in [0.4, 0.5) is 5.69 Å². The van der Waals surface area contributed by atoms with Crippen molar-refractivity contribution in [1.29, 1.82) is 0 Å². The molecule has 18 heavy (non-hydrogen) atoms. The fourth-order valence-electron chi connectivity index (χ4n) is 1.58. The first kappa shape index (κ1) is 14.7. The summed E-state index contributed by atoms with van der Waals surface area (Å²) >= 11 is 0. The summed E-state index contributed by atoms with van der Waals surface area (Å²) in [5.74, 6) is 0.0338. The van der Waals surface area contributed by atoms with Crippen LogP contribution >= 0.6 is 0 Å². The van der Waals surface area contributed by atoms with Crippen LogP contribution in [0.1, 0.15) is 25.3 Å². The van der Waals surface area contributed by atoms with Gasteiger partial charge in [-0.2, -0.15) is 0 Å². The van der Waals surface area contributed by atoms with Gasteiger partial charge in [0.25, 0.3) is 0 Å². The Kier molecular flexibility index (Phi) is 7.06. The van der Waals surface area contributed by atoms with E-state index in [1.165, 1.54) is 5.56 Å². The maximum absolute atomic E-state index is 11.6. The molecular weight excluding hydrogens is 228 g/mol. The smallest absolute Gasteiger partial charge is 0.224 e. The number of hydrogen-bond donors (Lipinski definition) is 2. The van der Waals surface area contributed by atoms with Gasteiger partial charge in [0.1, 0.15) is 0 Å². The molecule has 100 valence electrons. The first-order valence-corrected chi connectivity index (χ1v) is 6.34. The van der Waals surface area contributed by atoms with E-state index in [0.717, 1.165) is 25.2 Å². The Balaban J connectivity index is 2.35. The van der Waals surface area contributed by atoms with Gasteiger partial charge in [0.2, 0.25) is 5.91 Å². The maximum atomic E-state index is 11.6. The molecule has 1 aromatic rings. The van der Waals surface area contributed by atoms with E-state index in [-0.39, 0.29) is 5.91 Å². The Morgan fingerprint density at radius 1 is 1.28 bits per heavy atom. The predicted molar refractivity (Wildman–Crippen MR) is 73.6 cm³/mol. The summed E-state index contributed by atoms with van der Waals surface area (Å²) < 4.78 is 4.91. The molecule has 0 saturated heterocycles. The SMILES string of the molecule is CCNCc1ccc(NC(=O)CCCOC)cc1. The fraction of sp³-hybridized carbons (Fsp3) is 0.500. The van der Waals surface area contributed by atoms with Gasteiger partial charge in [-0.1, -0.05) is 19.1 Å². The van der Waals surface area contributed by atoms with Gasteiger partial charge < -0.3 is 15.4 Å². The average Bonchev–Trinajstić information content (AvgIpc) is 2.38. The van der Waals surface area contributed by atoms with Gasteiger partial charge in [-0.3, -0.25) is 4.79 Å². The van der Waals surface area contributed by atoms with Gasteiger partial charge in [0.05, 0.1) is 0 Å². The highest BCUT2D eigenvalue weighted by Crippen LogP contribution is 2.10. The molecule has 0 aromatic heterocycles. The fourth-order valence-corrected chi connectivity index (χ4v) is 1.58. The summed E-state index contributed by atoms with van der Waals surface area (Å²) in [6.07, 6.45) is 1.24. The molecule has 1 rings (SSSR count). The lowest BCUT2D eigenvalue weighted by Crippen LogP contribution is -2.13. The van der Waals surface area contributed by atoms with Crippen LogP contribution in [0, 0.1) is 0 Å². The quantitative estimate of drug-likeness (QED) is 0.695. The molecule has 2 N–H and O–H groups in total. The molecule has 0 spiro atoms. The predicted octanol–water partition coefficient (Wildman–Crippen LogP) is 2.16. The van der Waals surface area contributed by atoms with E-state index in [4.69, 9.17) is 4.74 Å². The minimum absolute atomic E-state index is 0.0338.